The molecule has 23 heavy (non-hydrogen) atoms. The number of carbonyl (C=O) groups is 2. The van der Waals surface area contributed by atoms with Gasteiger partial charge < -0.3 is 16.4 Å². The number of benzene rings is 1. The van der Waals surface area contributed by atoms with E-state index in [0.717, 1.165) is 31.4 Å². The highest BCUT2D eigenvalue weighted by Crippen LogP contribution is 2.30. The van der Waals surface area contributed by atoms with Crippen molar-refractivity contribution >= 4 is 29.9 Å². The minimum absolute atomic E-state index is 0. The highest BCUT2D eigenvalue weighted by molar-refractivity contribution is 5.97. The molecule has 2 amide bonds. The number of rotatable bonds is 7. The van der Waals surface area contributed by atoms with Crippen LogP contribution in [0, 0.1) is 5.92 Å². The highest BCUT2D eigenvalue weighted by atomic mass is 35.5. The number of anilines is 1. The number of hydrogen-bond acceptors (Lipinski definition) is 3. The molecule has 0 spiro atoms. The molecular weight excluding hydrogens is 314 g/mol. The van der Waals surface area contributed by atoms with Gasteiger partial charge >= 0.3 is 0 Å². The Labute approximate surface area is 143 Å². The molecule has 1 aliphatic carbocycles. The third-order valence-electron chi connectivity index (χ3n) is 4.49. The molecular formula is C17H26ClN3O2. The van der Waals surface area contributed by atoms with E-state index in [9.17, 15) is 9.59 Å². The molecule has 5 nitrogen and oxygen atoms in total. The summed E-state index contributed by atoms with van der Waals surface area (Å²) in [7, 11) is 0. The quantitative estimate of drug-likeness (QED) is 0.714. The third kappa shape index (κ3) is 4.94. The molecule has 0 radical (unpaired) electrons. The number of halogens is 1. The van der Waals surface area contributed by atoms with Crippen LogP contribution in [-0.2, 0) is 4.79 Å². The van der Waals surface area contributed by atoms with Gasteiger partial charge in [-0.05, 0) is 49.9 Å². The lowest BCUT2D eigenvalue weighted by Gasteiger charge is -2.31. The van der Waals surface area contributed by atoms with Gasteiger partial charge in [-0.3, -0.25) is 9.59 Å². The fourth-order valence-corrected chi connectivity index (χ4v) is 2.37. The Morgan fingerprint density at radius 1 is 1.17 bits per heavy atom. The Kier molecular flexibility index (Phi) is 7.03. The maximum absolute atomic E-state index is 12.3. The SMILES string of the molecule is CCC(CC)(CN)NC(=O)c1ccc(NC(=O)C2CC2)cc1.Cl. The van der Waals surface area contributed by atoms with Crippen molar-refractivity contribution in [3.8, 4) is 0 Å². The van der Waals surface area contributed by atoms with Gasteiger partial charge in [0.1, 0.15) is 0 Å². The van der Waals surface area contributed by atoms with Gasteiger partial charge in [0, 0.05) is 23.7 Å². The minimum atomic E-state index is -0.351. The predicted octanol–water partition coefficient (Wildman–Crippen LogP) is 2.70. The molecule has 1 fully saturated rings. The van der Waals surface area contributed by atoms with Crippen LogP contribution in [0.2, 0.25) is 0 Å². The molecule has 0 saturated heterocycles. The Morgan fingerprint density at radius 3 is 2.17 bits per heavy atom. The second kappa shape index (κ2) is 8.31. The third-order valence-corrected chi connectivity index (χ3v) is 4.49. The summed E-state index contributed by atoms with van der Waals surface area (Å²) in [5, 5.41) is 5.89. The highest BCUT2D eigenvalue weighted by Gasteiger charge is 2.29. The van der Waals surface area contributed by atoms with Gasteiger partial charge in [0.05, 0.1) is 5.54 Å². The second-order valence-corrected chi connectivity index (χ2v) is 5.99. The fourth-order valence-electron chi connectivity index (χ4n) is 2.37. The Bertz CT molecular complexity index is 529. The molecule has 0 aliphatic heterocycles. The first-order valence-electron chi connectivity index (χ1n) is 7.97. The van der Waals surface area contributed by atoms with E-state index in [2.05, 4.69) is 10.6 Å². The zero-order valence-corrected chi connectivity index (χ0v) is 14.5. The summed E-state index contributed by atoms with van der Waals surface area (Å²) >= 11 is 0. The zero-order valence-electron chi connectivity index (χ0n) is 13.7. The van der Waals surface area contributed by atoms with Gasteiger partial charge in [0.25, 0.3) is 5.91 Å². The zero-order chi connectivity index (χ0) is 16.2. The van der Waals surface area contributed by atoms with Crippen molar-refractivity contribution in [2.24, 2.45) is 11.7 Å². The summed E-state index contributed by atoms with van der Waals surface area (Å²) in [4.78, 5) is 24.0. The monoisotopic (exact) mass is 339 g/mol. The standard InChI is InChI=1S/C17H25N3O2.ClH/c1-3-17(4-2,11-18)20-16(22)13-7-9-14(10-8-13)19-15(21)12-5-6-12;/h7-10,12H,3-6,11,18H2,1-2H3,(H,19,21)(H,20,22);1H. The van der Waals surface area contributed by atoms with Crippen molar-refractivity contribution in [3.05, 3.63) is 29.8 Å². The average Bonchev–Trinajstić information content (AvgIpc) is 3.38. The van der Waals surface area contributed by atoms with E-state index in [0.29, 0.717) is 12.1 Å². The van der Waals surface area contributed by atoms with Crippen LogP contribution < -0.4 is 16.4 Å². The lowest BCUT2D eigenvalue weighted by molar-refractivity contribution is -0.117. The maximum Gasteiger partial charge on any atom is 0.251 e. The van der Waals surface area contributed by atoms with Crippen LogP contribution in [0.15, 0.2) is 24.3 Å². The summed E-state index contributed by atoms with van der Waals surface area (Å²) in [5.74, 6) is 0.104. The van der Waals surface area contributed by atoms with Crippen molar-refractivity contribution < 1.29 is 9.59 Å². The van der Waals surface area contributed by atoms with E-state index in [1.165, 1.54) is 0 Å². The largest absolute Gasteiger partial charge is 0.345 e. The molecule has 4 N–H and O–H groups in total. The van der Waals surface area contributed by atoms with Crippen molar-refractivity contribution in [3.63, 3.8) is 0 Å². The van der Waals surface area contributed by atoms with Gasteiger partial charge in [0.15, 0.2) is 0 Å². The van der Waals surface area contributed by atoms with E-state index in [1.54, 1.807) is 24.3 Å². The molecule has 1 aromatic carbocycles. The van der Waals surface area contributed by atoms with E-state index in [4.69, 9.17) is 5.73 Å². The number of hydrogen-bond donors (Lipinski definition) is 3. The summed E-state index contributed by atoms with van der Waals surface area (Å²) in [6.45, 7) is 4.46. The molecule has 6 heteroatoms. The Balaban J connectivity index is 0.00000264. The average molecular weight is 340 g/mol. The van der Waals surface area contributed by atoms with Crippen molar-refractivity contribution in [1.82, 2.24) is 5.32 Å². The van der Waals surface area contributed by atoms with Crippen LogP contribution in [0.4, 0.5) is 5.69 Å². The molecule has 0 unspecified atom stereocenters. The van der Waals surface area contributed by atoms with Crippen molar-refractivity contribution in [1.29, 1.82) is 0 Å². The summed E-state index contributed by atoms with van der Waals surface area (Å²) in [6, 6.07) is 6.98. The first-order chi connectivity index (χ1) is 10.5. The number of carbonyl (C=O) groups excluding carboxylic acids is 2. The molecule has 0 heterocycles. The van der Waals surface area contributed by atoms with Gasteiger partial charge in [-0.2, -0.15) is 0 Å². The van der Waals surface area contributed by atoms with E-state index < -0.39 is 0 Å². The van der Waals surface area contributed by atoms with Crippen LogP contribution >= 0.6 is 12.4 Å². The first-order valence-corrected chi connectivity index (χ1v) is 7.97. The van der Waals surface area contributed by atoms with E-state index >= 15 is 0 Å². The van der Waals surface area contributed by atoms with Crippen LogP contribution in [0.25, 0.3) is 0 Å². The maximum atomic E-state index is 12.3. The van der Waals surface area contributed by atoms with Crippen molar-refractivity contribution in [2.75, 3.05) is 11.9 Å². The van der Waals surface area contributed by atoms with Crippen LogP contribution in [-0.4, -0.2) is 23.9 Å². The van der Waals surface area contributed by atoms with Gasteiger partial charge in [-0.25, -0.2) is 0 Å². The van der Waals surface area contributed by atoms with Gasteiger partial charge in [-0.15, -0.1) is 12.4 Å². The number of nitrogens with two attached hydrogens (primary N) is 1. The summed E-state index contributed by atoms with van der Waals surface area (Å²) in [6.07, 6.45) is 3.53. The molecule has 0 bridgehead atoms. The Hall–Kier alpha value is -1.59. The Morgan fingerprint density at radius 2 is 1.74 bits per heavy atom. The lowest BCUT2D eigenvalue weighted by atomic mass is 9.92. The fraction of sp³-hybridized carbons (Fsp3) is 0.529. The summed E-state index contributed by atoms with van der Waals surface area (Å²) in [5.41, 5.74) is 6.75. The minimum Gasteiger partial charge on any atom is -0.345 e. The second-order valence-electron chi connectivity index (χ2n) is 5.99. The molecule has 2 rings (SSSR count). The predicted molar refractivity (Wildman–Crippen MR) is 94.9 cm³/mol. The molecule has 1 aromatic rings. The first kappa shape index (κ1) is 19.5. The lowest BCUT2D eigenvalue weighted by Crippen LogP contribution is -2.52. The molecule has 1 saturated carbocycles. The number of amides is 2. The normalized spacial score (nSPS) is 13.9. The van der Waals surface area contributed by atoms with Gasteiger partial charge in [0.2, 0.25) is 5.91 Å². The van der Waals surface area contributed by atoms with E-state index in [1.807, 2.05) is 13.8 Å². The van der Waals surface area contributed by atoms with Crippen molar-refractivity contribution in [2.45, 2.75) is 45.1 Å². The van der Waals surface area contributed by atoms with Gasteiger partial charge in [-0.1, -0.05) is 13.8 Å². The molecule has 0 aromatic heterocycles. The molecule has 1 aliphatic rings. The number of nitrogens with one attached hydrogen (secondary N) is 2. The van der Waals surface area contributed by atoms with Crippen LogP contribution in [0.5, 0.6) is 0 Å². The summed E-state index contributed by atoms with van der Waals surface area (Å²) < 4.78 is 0. The van der Waals surface area contributed by atoms with Crippen LogP contribution in [0.1, 0.15) is 49.9 Å². The smallest absolute Gasteiger partial charge is 0.251 e. The topological polar surface area (TPSA) is 84.2 Å². The molecule has 128 valence electrons. The molecule has 0 atom stereocenters. The van der Waals surface area contributed by atoms with E-state index in [-0.39, 0.29) is 35.7 Å². The van der Waals surface area contributed by atoms with Crippen LogP contribution in [0.3, 0.4) is 0 Å².